The Morgan fingerprint density at radius 2 is 1.93 bits per heavy atom. The van der Waals surface area contributed by atoms with E-state index in [0.717, 1.165) is 19.5 Å². The average Bonchev–Trinajstić information content (AvgIpc) is 2.19. The SMILES string of the molecule is CC[C@@H](CO)N(C)CCN[C@@H](C)CO. The Labute approximate surface area is 86.9 Å². The van der Waals surface area contributed by atoms with Crippen molar-refractivity contribution in [2.24, 2.45) is 0 Å². The van der Waals surface area contributed by atoms with Crippen molar-refractivity contribution in [3.63, 3.8) is 0 Å². The molecule has 86 valence electrons. The summed E-state index contributed by atoms with van der Waals surface area (Å²) in [5.74, 6) is 0. The third-order valence-electron chi connectivity index (χ3n) is 2.54. The molecule has 0 radical (unpaired) electrons. The minimum atomic E-state index is 0.151. The zero-order chi connectivity index (χ0) is 11.0. The number of hydrogen-bond donors (Lipinski definition) is 3. The highest BCUT2D eigenvalue weighted by molar-refractivity contribution is 4.67. The van der Waals surface area contributed by atoms with E-state index in [0.29, 0.717) is 0 Å². The molecule has 0 saturated heterocycles. The molecule has 0 fully saturated rings. The van der Waals surface area contributed by atoms with Crippen LogP contribution in [0.2, 0.25) is 0 Å². The van der Waals surface area contributed by atoms with Gasteiger partial charge < -0.3 is 15.5 Å². The van der Waals surface area contributed by atoms with Gasteiger partial charge in [-0.1, -0.05) is 6.92 Å². The van der Waals surface area contributed by atoms with Gasteiger partial charge in [0.1, 0.15) is 0 Å². The lowest BCUT2D eigenvalue weighted by Crippen LogP contribution is -2.41. The second-order valence-electron chi connectivity index (χ2n) is 3.76. The second-order valence-corrected chi connectivity index (χ2v) is 3.76. The van der Waals surface area contributed by atoms with Gasteiger partial charge in [-0.3, -0.25) is 4.90 Å². The Morgan fingerprint density at radius 3 is 2.36 bits per heavy atom. The summed E-state index contributed by atoms with van der Waals surface area (Å²) in [6, 6.07) is 0.402. The molecule has 0 unspecified atom stereocenters. The van der Waals surface area contributed by atoms with Crippen molar-refractivity contribution in [3.8, 4) is 0 Å². The van der Waals surface area contributed by atoms with Crippen molar-refractivity contribution in [2.75, 3.05) is 33.4 Å². The van der Waals surface area contributed by atoms with Gasteiger partial charge in [0.2, 0.25) is 0 Å². The fourth-order valence-corrected chi connectivity index (χ4v) is 1.31. The monoisotopic (exact) mass is 204 g/mol. The van der Waals surface area contributed by atoms with Crippen LogP contribution in [-0.4, -0.2) is 60.5 Å². The van der Waals surface area contributed by atoms with E-state index in [1.165, 1.54) is 0 Å². The highest BCUT2D eigenvalue weighted by Crippen LogP contribution is 1.99. The lowest BCUT2D eigenvalue weighted by atomic mass is 10.2. The minimum absolute atomic E-state index is 0.151. The summed E-state index contributed by atoms with van der Waals surface area (Å²) in [4.78, 5) is 2.14. The molecule has 0 aromatic rings. The van der Waals surface area contributed by atoms with Gasteiger partial charge in [0.15, 0.2) is 0 Å². The smallest absolute Gasteiger partial charge is 0.0586 e. The Kier molecular flexibility index (Phi) is 8.08. The van der Waals surface area contributed by atoms with Crippen LogP contribution in [0.25, 0.3) is 0 Å². The van der Waals surface area contributed by atoms with Crippen LogP contribution in [0.3, 0.4) is 0 Å². The molecule has 0 rings (SSSR count). The summed E-state index contributed by atoms with van der Waals surface area (Å²) in [5.41, 5.74) is 0. The summed E-state index contributed by atoms with van der Waals surface area (Å²) >= 11 is 0. The molecule has 4 heteroatoms. The maximum Gasteiger partial charge on any atom is 0.0586 e. The van der Waals surface area contributed by atoms with Crippen LogP contribution < -0.4 is 5.32 Å². The molecule has 0 aliphatic carbocycles. The molecule has 0 aliphatic heterocycles. The van der Waals surface area contributed by atoms with Crippen LogP contribution in [0.4, 0.5) is 0 Å². The third-order valence-corrected chi connectivity index (χ3v) is 2.54. The molecular formula is C10H24N2O2. The lowest BCUT2D eigenvalue weighted by Gasteiger charge is -2.25. The van der Waals surface area contributed by atoms with E-state index in [1.807, 2.05) is 14.0 Å². The molecule has 0 aromatic heterocycles. The summed E-state index contributed by atoms with van der Waals surface area (Å²) in [5, 5.41) is 21.0. The largest absolute Gasteiger partial charge is 0.395 e. The van der Waals surface area contributed by atoms with E-state index < -0.39 is 0 Å². The van der Waals surface area contributed by atoms with Gasteiger partial charge in [0.05, 0.1) is 13.2 Å². The first-order chi connectivity index (χ1) is 6.65. The second kappa shape index (κ2) is 8.17. The fourth-order valence-electron chi connectivity index (χ4n) is 1.31. The van der Waals surface area contributed by atoms with E-state index in [4.69, 9.17) is 10.2 Å². The predicted molar refractivity (Wildman–Crippen MR) is 58.3 cm³/mol. The summed E-state index contributed by atoms with van der Waals surface area (Å²) in [6.45, 7) is 6.13. The average molecular weight is 204 g/mol. The molecule has 0 amide bonds. The van der Waals surface area contributed by atoms with Crippen molar-refractivity contribution in [3.05, 3.63) is 0 Å². The molecule has 0 bridgehead atoms. The Balaban J connectivity index is 3.56. The fraction of sp³-hybridized carbons (Fsp3) is 1.00. The van der Waals surface area contributed by atoms with Gasteiger partial charge in [-0.15, -0.1) is 0 Å². The molecule has 0 aromatic carbocycles. The molecule has 2 atom stereocenters. The molecular weight excluding hydrogens is 180 g/mol. The van der Waals surface area contributed by atoms with Crippen LogP contribution in [0.1, 0.15) is 20.3 Å². The normalized spacial score (nSPS) is 15.9. The first-order valence-electron chi connectivity index (χ1n) is 5.31. The maximum absolute atomic E-state index is 9.05. The maximum atomic E-state index is 9.05. The first-order valence-corrected chi connectivity index (χ1v) is 5.31. The van der Waals surface area contributed by atoms with Crippen LogP contribution in [0.5, 0.6) is 0 Å². The molecule has 0 heterocycles. The Morgan fingerprint density at radius 1 is 1.29 bits per heavy atom. The number of aliphatic hydroxyl groups is 2. The number of nitrogens with one attached hydrogen (secondary N) is 1. The predicted octanol–water partition coefficient (Wildman–Crippen LogP) is -0.340. The van der Waals surface area contributed by atoms with Crippen LogP contribution >= 0.6 is 0 Å². The van der Waals surface area contributed by atoms with Gasteiger partial charge in [-0.05, 0) is 20.4 Å². The molecule has 4 nitrogen and oxygen atoms in total. The van der Waals surface area contributed by atoms with Crippen molar-refractivity contribution in [2.45, 2.75) is 32.4 Å². The zero-order valence-electron chi connectivity index (χ0n) is 9.53. The van der Waals surface area contributed by atoms with E-state index >= 15 is 0 Å². The number of hydrogen-bond acceptors (Lipinski definition) is 4. The molecule has 3 N–H and O–H groups in total. The molecule has 0 aliphatic rings. The highest BCUT2D eigenvalue weighted by Gasteiger charge is 2.10. The van der Waals surface area contributed by atoms with Gasteiger partial charge in [0, 0.05) is 25.2 Å². The first kappa shape index (κ1) is 13.8. The summed E-state index contributed by atoms with van der Waals surface area (Å²) in [6.07, 6.45) is 0.961. The summed E-state index contributed by atoms with van der Waals surface area (Å²) in [7, 11) is 2.01. The third kappa shape index (κ3) is 5.54. The van der Waals surface area contributed by atoms with Crippen LogP contribution in [-0.2, 0) is 0 Å². The van der Waals surface area contributed by atoms with Gasteiger partial charge >= 0.3 is 0 Å². The topological polar surface area (TPSA) is 55.7 Å². The van der Waals surface area contributed by atoms with E-state index in [-0.39, 0.29) is 25.3 Å². The number of aliphatic hydroxyl groups excluding tert-OH is 2. The zero-order valence-corrected chi connectivity index (χ0v) is 9.53. The quantitative estimate of drug-likeness (QED) is 0.506. The van der Waals surface area contributed by atoms with Crippen molar-refractivity contribution in [1.82, 2.24) is 10.2 Å². The minimum Gasteiger partial charge on any atom is -0.395 e. The Bertz CT molecular complexity index is 129. The van der Waals surface area contributed by atoms with Gasteiger partial charge in [-0.2, -0.15) is 0 Å². The molecule has 0 saturated carbocycles. The summed E-state index contributed by atoms with van der Waals surface area (Å²) < 4.78 is 0. The van der Waals surface area contributed by atoms with Crippen molar-refractivity contribution >= 4 is 0 Å². The van der Waals surface area contributed by atoms with Gasteiger partial charge in [-0.25, -0.2) is 0 Å². The van der Waals surface area contributed by atoms with Crippen molar-refractivity contribution < 1.29 is 10.2 Å². The number of likely N-dealkylation sites (N-methyl/N-ethyl adjacent to an activating group) is 1. The Hall–Kier alpha value is -0.160. The van der Waals surface area contributed by atoms with Crippen LogP contribution in [0, 0.1) is 0 Å². The van der Waals surface area contributed by atoms with Crippen molar-refractivity contribution in [1.29, 1.82) is 0 Å². The van der Waals surface area contributed by atoms with Crippen LogP contribution in [0.15, 0.2) is 0 Å². The highest BCUT2D eigenvalue weighted by atomic mass is 16.3. The number of rotatable bonds is 8. The van der Waals surface area contributed by atoms with Gasteiger partial charge in [0.25, 0.3) is 0 Å². The standard InChI is InChI=1S/C10H24N2O2/c1-4-10(8-14)12(3)6-5-11-9(2)7-13/h9-11,13-14H,4-8H2,1-3H3/t9-,10-/m0/s1. The molecule has 14 heavy (non-hydrogen) atoms. The van der Waals surface area contributed by atoms with E-state index in [9.17, 15) is 0 Å². The lowest BCUT2D eigenvalue weighted by molar-refractivity contribution is 0.142. The molecule has 0 spiro atoms. The van der Waals surface area contributed by atoms with E-state index in [1.54, 1.807) is 0 Å². The van der Waals surface area contributed by atoms with E-state index in [2.05, 4.69) is 17.1 Å². The number of nitrogens with zero attached hydrogens (tertiary/aromatic N) is 1.